The van der Waals surface area contributed by atoms with E-state index >= 15 is 0 Å². The van der Waals surface area contributed by atoms with Crippen LogP contribution in [0.4, 0.5) is 0 Å². The summed E-state index contributed by atoms with van der Waals surface area (Å²) in [6.07, 6.45) is 9.46. The van der Waals surface area contributed by atoms with E-state index in [1.165, 1.54) is 38.3 Å². The Labute approximate surface area is 103 Å². The molecule has 2 rings (SSSR count). The normalized spacial score (nSPS) is 17.0. The third-order valence-corrected chi connectivity index (χ3v) is 3.60. The van der Waals surface area contributed by atoms with Gasteiger partial charge in [-0.05, 0) is 18.4 Å². The average Bonchev–Trinajstić information content (AvgIpc) is 2.35. The Hall–Kier alpha value is -1.25. The van der Waals surface area contributed by atoms with Gasteiger partial charge in [0, 0.05) is 13.0 Å². The predicted molar refractivity (Wildman–Crippen MR) is 66.8 cm³/mol. The molecule has 0 amide bonds. The molecule has 17 heavy (non-hydrogen) atoms. The van der Waals surface area contributed by atoms with Crippen LogP contribution in [0.1, 0.15) is 44.2 Å². The fourth-order valence-corrected chi connectivity index (χ4v) is 2.44. The van der Waals surface area contributed by atoms with E-state index in [0.717, 1.165) is 23.7 Å². The maximum Gasteiger partial charge on any atom is 0.222 e. The third-order valence-electron chi connectivity index (χ3n) is 3.60. The summed E-state index contributed by atoms with van der Waals surface area (Å²) in [5.41, 5.74) is 0.699. The first-order valence-electron chi connectivity index (χ1n) is 6.58. The van der Waals surface area contributed by atoms with Gasteiger partial charge in [-0.25, -0.2) is 0 Å². The van der Waals surface area contributed by atoms with Gasteiger partial charge < -0.3 is 9.94 Å². The summed E-state index contributed by atoms with van der Waals surface area (Å²) in [6.45, 7) is 2.52. The van der Waals surface area contributed by atoms with Crippen LogP contribution in [0.15, 0.2) is 18.3 Å². The Morgan fingerprint density at radius 3 is 2.76 bits per heavy atom. The Balaban J connectivity index is 1.75. The zero-order chi connectivity index (χ0) is 12.1. The molecule has 0 aliphatic heterocycles. The lowest BCUT2D eigenvalue weighted by molar-refractivity contribution is -0.612. The van der Waals surface area contributed by atoms with E-state index in [1.807, 2.05) is 6.07 Å². The van der Waals surface area contributed by atoms with Crippen LogP contribution in [0.2, 0.25) is 0 Å². The van der Waals surface area contributed by atoms with Crippen molar-refractivity contribution in [3.05, 3.63) is 29.2 Å². The fourth-order valence-electron chi connectivity index (χ4n) is 2.44. The van der Waals surface area contributed by atoms with Crippen LogP contribution in [0.3, 0.4) is 0 Å². The molecule has 1 aliphatic carbocycles. The van der Waals surface area contributed by atoms with E-state index in [4.69, 9.17) is 4.74 Å². The molecule has 0 N–H and O–H groups in total. The summed E-state index contributed by atoms with van der Waals surface area (Å²) in [5, 5.41) is 11.3. The molecule has 0 spiro atoms. The molecule has 3 heteroatoms. The van der Waals surface area contributed by atoms with Gasteiger partial charge in [-0.15, -0.1) is 0 Å². The standard InChI is InChI=1S/C14H21NO2/c1-12-7-8-14(11-15(12)16)17-10-9-13-5-3-2-4-6-13/h7-8,11,13H,2-6,9-10H2,1H3. The van der Waals surface area contributed by atoms with Crippen molar-refractivity contribution in [2.45, 2.75) is 45.4 Å². The lowest BCUT2D eigenvalue weighted by Crippen LogP contribution is -2.29. The van der Waals surface area contributed by atoms with Crippen molar-refractivity contribution in [1.29, 1.82) is 0 Å². The molecule has 1 aromatic rings. The van der Waals surface area contributed by atoms with Crippen molar-refractivity contribution in [1.82, 2.24) is 0 Å². The highest BCUT2D eigenvalue weighted by molar-refractivity contribution is 5.15. The van der Waals surface area contributed by atoms with E-state index in [-0.39, 0.29) is 0 Å². The second-order valence-electron chi connectivity index (χ2n) is 4.97. The molecule has 1 aliphatic rings. The lowest BCUT2D eigenvalue weighted by atomic mass is 9.87. The van der Waals surface area contributed by atoms with Gasteiger partial charge in [-0.2, -0.15) is 4.73 Å². The molecule has 1 saturated carbocycles. The van der Waals surface area contributed by atoms with Crippen molar-refractivity contribution >= 4 is 0 Å². The molecule has 0 atom stereocenters. The van der Waals surface area contributed by atoms with Crippen LogP contribution in [0.5, 0.6) is 5.75 Å². The van der Waals surface area contributed by atoms with Crippen molar-refractivity contribution in [2.75, 3.05) is 6.61 Å². The minimum absolute atomic E-state index is 0.682. The van der Waals surface area contributed by atoms with Crippen LogP contribution in [0, 0.1) is 18.0 Å². The van der Waals surface area contributed by atoms with Gasteiger partial charge in [0.05, 0.1) is 6.61 Å². The van der Waals surface area contributed by atoms with E-state index in [1.54, 1.807) is 13.0 Å². The zero-order valence-corrected chi connectivity index (χ0v) is 10.5. The van der Waals surface area contributed by atoms with Crippen LogP contribution in [-0.4, -0.2) is 6.61 Å². The van der Waals surface area contributed by atoms with Gasteiger partial charge in [0.25, 0.3) is 0 Å². The topological polar surface area (TPSA) is 36.2 Å². The van der Waals surface area contributed by atoms with E-state index in [2.05, 4.69) is 0 Å². The zero-order valence-electron chi connectivity index (χ0n) is 10.5. The van der Waals surface area contributed by atoms with Gasteiger partial charge in [-0.1, -0.05) is 32.1 Å². The number of hydrogen-bond donors (Lipinski definition) is 0. The number of aryl methyl sites for hydroxylation is 1. The number of rotatable bonds is 4. The highest BCUT2D eigenvalue weighted by atomic mass is 16.5. The van der Waals surface area contributed by atoms with Gasteiger partial charge in [0.1, 0.15) is 0 Å². The lowest BCUT2D eigenvalue weighted by Gasteiger charge is -2.21. The highest BCUT2D eigenvalue weighted by Gasteiger charge is 2.13. The minimum atomic E-state index is 0.682. The van der Waals surface area contributed by atoms with Crippen molar-refractivity contribution in [3.63, 3.8) is 0 Å². The summed E-state index contributed by atoms with van der Waals surface area (Å²) < 4.78 is 6.48. The van der Waals surface area contributed by atoms with Gasteiger partial charge in [-0.3, -0.25) is 0 Å². The molecule has 0 bridgehead atoms. The molecule has 1 fully saturated rings. The number of pyridine rings is 1. The smallest absolute Gasteiger partial charge is 0.222 e. The van der Waals surface area contributed by atoms with Gasteiger partial charge >= 0.3 is 0 Å². The van der Waals surface area contributed by atoms with Gasteiger partial charge in [0.2, 0.25) is 6.20 Å². The molecular formula is C14H21NO2. The number of ether oxygens (including phenoxy) is 1. The van der Waals surface area contributed by atoms with Crippen molar-refractivity contribution < 1.29 is 9.47 Å². The number of hydrogen-bond acceptors (Lipinski definition) is 2. The molecule has 0 aromatic carbocycles. The van der Waals surface area contributed by atoms with Crippen LogP contribution < -0.4 is 9.47 Å². The van der Waals surface area contributed by atoms with E-state index in [9.17, 15) is 5.21 Å². The minimum Gasteiger partial charge on any atom is -0.618 e. The van der Waals surface area contributed by atoms with Crippen molar-refractivity contribution in [2.24, 2.45) is 5.92 Å². The molecule has 94 valence electrons. The number of nitrogens with zero attached hydrogens (tertiary/aromatic N) is 1. The molecule has 1 heterocycles. The molecular weight excluding hydrogens is 214 g/mol. The Bertz CT molecular complexity index is 359. The summed E-state index contributed by atoms with van der Waals surface area (Å²) in [6, 6.07) is 3.66. The Morgan fingerprint density at radius 2 is 2.06 bits per heavy atom. The number of aromatic nitrogens is 1. The maximum atomic E-state index is 11.3. The Kier molecular flexibility index (Phi) is 4.24. The summed E-state index contributed by atoms with van der Waals surface area (Å²) in [4.78, 5) is 0. The molecule has 0 saturated heterocycles. The first-order chi connectivity index (χ1) is 8.25. The van der Waals surface area contributed by atoms with E-state index < -0.39 is 0 Å². The van der Waals surface area contributed by atoms with Crippen LogP contribution in [0.25, 0.3) is 0 Å². The highest BCUT2D eigenvalue weighted by Crippen LogP contribution is 2.26. The summed E-state index contributed by atoms with van der Waals surface area (Å²) in [5.74, 6) is 1.51. The Morgan fingerprint density at radius 1 is 1.29 bits per heavy atom. The van der Waals surface area contributed by atoms with Gasteiger partial charge in [0.15, 0.2) is 11.4 Å². The third kappa shape index (κ3) is 3.62. The molecule has 0 radical (unpaired) electrons. The monoisotopic (exact) mass is 235 g/mol. The quantitative estimate of drug-likeness (QED) is 0.594. The first kappa shape index (κ1) is 12.2. The first-order valence-corrected chi connectivity index (χ1v) is 6.58. The molecule has 1 aromatic heterocycles. The second kappa shape index (κ2) is 5.89. The largest absolute Gasteiger partial charge is 0.618 e. The van der Waals surface area contributed by atoms with Crippen molar-refractivity contribution in [3.8, 4) is 5.75 Å². The van der Waals surface area contributed by atoms with Crippen LogP contribution >= 0.6 is 0 Å². The molecule has 0 unspecified atom stereocenters. The average molecular weight is 235 g/mol. The summed E-state index contributed by atoms with van der Waals surface area (Å²) in [7, 11) is 0. The fraction of sp³-hybridized carbons (Fsp3) is 0.643. The second-order valence-corrected chi connectivity index (χ2v) is 4.97. The summed E-state index contributed by atoms with van der Waals surface area (Å²) >= 11 is 0. The van der Waals surface area contributed by atoms with E-state index in [0.29, 0.717) is 11.4 Å². The SMILES string of the molecule is Cc1ccc(OCCC2CCCCC2)c[n+]1[O-]. The maximum absolute atomic E-state index is 11.3. The van der Waals surface area contributed by atoms with Crippen LogP contribution in [-0.2, 0) is 0 Å². The predicted octanol–water partition coefficient (Wildman–Crippen LogP) is 2.98. The molecule has 3 nitrogen and oxygen atoms in total.